The van der Waals surface area contributed by atoms with E-state index in [4.69, 9.17) is 18.9 Å². The number of hydrogen-bond donors (Lipinski definition) is 0. The van der Waals surface area contributed by atoms with Gasteiger partial charge in [-0.05, 0) is 19.1 Å². The fraction of sp³-hybridized carbons (Fsp3) is 0.300. The van der Waals surface area contributed by atoms with Gasteiger partial charge < -0.3 is 18.9 Å². The first-order valence-corrected chi connectivity index (χ1v) is 9.16. The predicted octanol–water partition coefficient (Wildman–Crippen LogP) is 0.679. The molecule has 0 amide bonds. The molecule has 0 bridgehead atoms. The van der Waals surface area contributed by atoms with E-state index in [0.717, 1.165) is 28.4 Å². The molecule has 164 valence electrons. The molecule has 0 saturated carbocycles. The van der Waals surface area contributed by atoms with Gasteiger partial charge in [-0.1, -0.05) is 12.1 Å². The summed E-state index contributed by atoms with van der Waals surface area (Å²) in [5.74, 6) is -3.92. The van der Waals surface area contributed by atoms with Crippen molar-refractivity contribution in [3.63, 3.8) is 0 Å². The first kappa shape index (κ1) is 21.7. The lowest BCUT2D eigenvalue weighted by Crippen LogP contribution is -2.54. The first-order valence-electron chi connectivity index (χ1n) is 9.16. The van der Waals surface area contributed by atoms with Gasteiger partial charge in [0.1, 0.15) is 11.1 Å². The van der Waals surface area contributed by atoms with Crippen LogP contribution in [0.5, 0.6) is 0 Å². The van der Waals surface area contributed by atoms with Crippen LogP contribution in [0.15, 0.2) is 46.8 Å². The maximum absolute atomic E-state index is 12.9. The zero-order valence-electron chi connectivity index (χ0n) is 17.6. The van der Waals surface area contributed by atoms with Gasteiger partial charge in [-0.25, -0.2) is 24.2 Å². The predicted molar refractivity (Wildman–Crippen MR) is 106 cm³/mol. The minimum atomic E-state index is -1.03. The highest BCUT2D eigenvalue weighted by Gasteiger charge is 2.51. The molecular weight excluding hydrogens is 410 g/mol. The van der Waals surface area contributed by atoms with Gasteiger partial charge in [0, 0.05) is 6.54 Å². The van der Waals surface area contributed by atoms with Crippen LogP contribution in [-0.2, 0) is 38.1 Å². The van der Waals surface area contributed by atoms with Crippen LogP contribution in [0.3, 0.4) is 0 Å². The number of methoxy groups -OCH3 is 4. The van der Waals surface area contributed by atoms with Gasteiger partial charge in [-0.15, -0.1) is 0 Å². The number of benzene rings is 1. The van der Waals surface area contributed by atoms with Gasteiger partial charge >= 0.3 is 23.9 Å². The molecule has 11 nitrogen and oxygen atoms in total. The SMILES string of the molecule is CCN1c2ccccc2N2C(C(=O)OC)=C(C(=O)OC)C(C(=O)OC)=C(C(=O)OC)N12. The summed E-state index contributed by atoms with van der Waals surface area (Å²) in [6, 6.07) is 6.94. The largest absolute Gasteiger partial charge is 0.465 e. The van der Waals surface area contributed by atoms with Crippen LogP contribution in [0.1, 0.15) is 6.92 Å². The molecule has 0 fully saturated rings. The average Bonchev–Trinajstić information content (AvgIpc) is 3.14. The second-order valence-corrected chi connectivity index (χ2v) is 6.22. The van der Waals surface area contributed by atoms with Crippen LogP contribution < -0.4 is 10.0 Å². The van der Waals surface area contributed by atoms with E-state index in [0.29, 0.717) is 17.9 Å². The summed E-state index contributed by atoms with van der Waals surface area (Å²) in [6.07, 6.45) is 0. The molecule has 0 aromatic heterocycles. The van der Waals surface area contributed by atoms with E-state index < -0.39 is 35.0 Å². The van der Waals surface area contributed by atoms with E-state index >= 15 is 0 Å². The third-order valence-electron chi connectivity index (χ3n) is 4.78. The summed E-state index contributed by atoms with van der Waals surface area (Å²) in [7, 11) is 4.43. The van der Waals surface area contributed by atoms with Crippen molar-refractivity contribution in [2.45, 2.75) is 6.92 Å². The van der Waals surface area contributed by atoms with Gasteiger partial charge in [-0.2, -0.15) is 5.12 Å². The maximum atomic E-state index is 12.9. The zero-order chi connectivity index (χ0) is 22.9. The Morgan fingerprint density at radius 2 is 1.16 bits per heavy atom. The Morgan fingerprint density at radius 1 is 0.710 bits per heavy atom. The van der Waals surface area contributed by atoms with Crippen molar-refractivity contribution in [1.29, 1.82) is 0 Å². The van der Waals surface area contributed by atoms with E-state index in [-0.39, 0.29) is 11.4 Å². The van der Waals surface area contributed by atoms with E-state index in [1.165, 1.54) is 10.1 Å². The number of carbonyl (C=O) groups is 4. The van der Waals surface area contributed by atoms with Gasteiger partial charge in [0.2, 0.25) is 0 Å². The van der Waals surface area contributed by atoms with Gasteiger partial charge in [0.15, 0.2) is 11.4 Å². The standard InChI is InChI=1S/C20H21N3O8/c1-6-21-11-9-7-8-10-12(11)22-15(19(26)30-4)13(17(24)28-2)14(18(25)29-3)16(23(21)22)20(27)31-5/h7-10H,6H2,1-5H3. The summed E-state index contributed by atoms with van der Waals surface area (Å²) in [5.41, 5.74) is -0.513. The Bertz CT molecular complexity index is 1030. The monoisotopic (exact) mass is 431 g/mol. The number of para-hydroxylation sites is 2. The molecule has 0 unspecified atom stereocenters. The lowest BCUT2D eigenvalue weighted by molar-refractivity contribution is -0.143. The van der Waals surface area contributed by atoms with Gasteiger partial charge in [0.05, 0.1) is 39.8 Å². The fourth-order valence-corrected chi connectivity index (χ4v) is 3.52. The number of nitrogens with zero attached hydrogens (tertiary/aromatic N) is 3. The van der Waals surface area contributed by atoms with Crippen molar-refractivity contribution in [2.24, 2.45) is 0 Å². The second kappa shape index (κ2) is 8.38. The molecule has 2 aliphatic rings. The normalized spacial score (nSPS) is 14.8. The minimum absolute atomic E-state index is 0.314. The molecular formula is C20H21N3O8. The molecule has 0 saturated heterocycles. The van der Waals surface area contributed by atoms with E-state index in [9.17, 15) is 19.2 Å². The Morgan fingerprint density at radius 3 is 1.65 bits per heavy atom. The Balaban J connectivity index is 2.52. The highest BCUT2D eigenvalue weighted by atomic mass is 16.5. The van der Waals surface area contributed by atoms with Crippen LogP contribution in [-0.4, -0.2) is 64.0 Å². The van der Waals surface area contributed by atoms with E-state index in [1.807, 2.05) is 6.92 Å². The molecule has 2 heterocycles. The molecule has 0 atom stereocenters. The lowest BCUT2D eigenvalue weighted by atomic mass is 9.98. The van der Waals surface area contributed by atoms with E-state index in [2.05, 4.69) is 0 Å². The molecule has 0 N–H and O–H groups in total. The fourth-order valence-electron chi connectivity index (χ4n) is 3.52. The molecule has 3 rings (SSSR count). The molecule has 2 aliphatic heterocycles. The molecule has 1 aromatic rings. The second-order valence-electron chi connectivity index (χ2n) is 6.22. The first-order chi connectivity index (χ1) is 14.9. The minimum Gasteiger partial charge on any atom is -0.465 e. The summed E-state index contributed by atoms with van der Waals surface area (Å²) in [6.45, 7) is 2.15. The Labute approximate surface area is 177 Å². The van der Waals surface area contributed by atoms with Crippen molar-refractivity contribution < 1.29 is 38.1 Å². The number of rotatable bonds is 5. The Kier molecular flexibility index (Phi) is 5.86. The molecule has 0 radical (unpaired) electrons. The smallest absolute Gasteiger partial charge is 0.359 e. The number of ether oxygens (including phenoxy) is 4. The maximum Gasteiger partial charge on any atom is 0.359 e. The van der Waals surface area contributed by atoms with Crippen LogP contribution in [0.2, 0.25) is 0 Å². The molecule has 1 aromatic carbocycles. The lowest BCUT2D eigenvalue weighted by Gasteiger charge is -2.41. The third-order valence-corrected chi connectivity index (χ3v) is 4.78. The number of esters is 4. The molecule has 31 heavy (non-hydrogen) atoms. The van der Waals surface area contributed by atoms with Gasteiger partial charge in [0.25, 0.3) is 0 Å². The van der Waals surface area contributed by atoms with Crippen molar-refractivity contribution in [3.05, 3.63) is 46.8 Å². The topological polar surface area (TPSA) is 115 Å². The van der Waals surface area contributed by atoms with Crippen LogP contribution >= 0.6 is 0 Å². The molecule has 11 heteroatoms. The van der Waals surface area contributed by atoms with Gasteiger partial charge in [-0.3, -0.25) is 5.01 Å². The van der Waals surface area contributed by atoms with Crippen LogP contribution in [0, 0.1) is 0 Å². The third kappa shape index (κ3) is 3.14. The van der Waals surface area contributed by atoms with E-state index in [1.54, 1.807) is 29.3 Å². The summed E-state index contributed by atoms with van der Waals surface area (Å²) in [5, 5.41) is 4.25. The number of hydrogen-bond acceptors (Lipinski definition) is 11. The van der Waals surface area contributed by atoms with Crippen molar-refractivity contribution >= 4 is 35.3 Å². The van der Waals surface area contributed by atoms with Crippen molar-refractivity contribution in [1.82, 2.24) is 5.12 Å². The van der Waals surface area contributed by atoms with Crippen molar-refractivity contribution in [2.75, 3.05) is 45.0 Å². The Hall–Kier alpha value is -4.02. The highest BCUT2D eigenvalue weighted by Crippen LogP contribution is 2.47. The summed E-state index contributed by atoms with van der Waals surface area (Å²) < 4.78 is 19.5. The molecule has 0 spiro atoms. The number of fused-ring (bicyclic) bond motifs is 3. The summed E-state index contributed by atoms with van der Waals surface area (Å²) >= 11 is 0. The van der Waals surface area contributed by atoms with Crippen LogP contribution in [0.4, 0.5) is 11.4 Å². The zero-order valence-corrected chi connectivity index (χ0v) is 17.6. The number of hydrazine groups is 2. The quantitative estimate of drug-likeness (QED) is 0.484. The molecule has 0 aliphatic carbocycles. The number of anilines is 2. The summed E-state index contributed by atoms with van der Waals surface area (Å²) in [4.78, 5) is 51.4. The van der Waals surface area contributed by atoms with Crippen LogP contribution in [0.25, 0.3) is 0 Å². The number of carbonyl (C=O) groups excluding carboxylic acids is 4. The van der Waals surface area contributed by atoms with Crippen molar-refractivity contribution in [3.8, 4) is 0 Å². The highest BCUT2D eigenvalue weighted by molar-refractivity contribution is 6.18. The average molecular weight is 431 g/mol.